The predicted octanol–water partition coefficient (Wildman–Crippen LogP) is 6.30. The van der Waals surface area contributed by atoms with Crippen molar-refractivity contribution in [1.29, 1.82) is 0 Å². The molecule has 4 aromatic carbocycles. The van der Waals surface area contributed by atoms with Gasteiger partial charge >= 0.3 is 0 Å². The largest absolute Gasteiger partial charge is 0.324 e. The van der Waals surface area contributed by atoms with Crippen LogP contribution in [0.4, 0.5) is 0 Å². The van der Waals surface area contributed by atoms with Crippen LogP contribution >= 0.6 is 0 Å². The van der Waals surface area contributed by atoms with Crippen LogP contribution in [0.3, 0.4) is 0 Å². The molecule has 9 rings (SSSR count). The Hall–Kier alpha value is -7.16. The van der Waals surface area contributed by atoms with E-state index in [0.717, 1.165) is 24.3 Å². The third kappa shape index (κ3) is 8.49. The minimum absolute atomic E-state index is 0.0144. The highest BCUT2D eigenvalue weighted by Crippen LogP contribution is 2.41. The Kier molecular flexibility index (Phi) is 10.1. The first-order chi connectivity index (χ1) is 30.2. The number of hydrogen-bond donors (Lipinski definition) is 6. The van der Waals surface area contributed by atoms with Gasteiger partial charge in [-0.25, -0.2) is 29.9 Å². The van der Waals surface area contributed by atoms with Crippen molar-refractivity contribution in [3.05, 3.63) is 117 Å². The molecule has 0 spiro atoms. The van der Waals surface area contributed by atoms with Crippen LogP contribution < -0.4 is 0 Å². The van der Waals surface area contributed by atoms with Gasteiger partial charge in [0.25, 0.3) is 40.5 Å². The minimum atomic E-state index is -4.61. The average molecular weight is 939 g/mol. The lowest BCUT2D eigenvalue weighted by molar-refractivity contribution is 0.492. The Morgan fingerprint density at radius 3 is 1.05 bits per heavy atom. The van der Waals surface area contributed by atoms with Gasteiger partial charge in [0.05, 0.1) is 21.6 Å². The highest BCUT2D eigenvalue weighted by Gasteiger charge is 2.26. The Morgan fingerprint density at radius 2 is 0.688 bits per heavy atom. The van der Waals surface area contributed by atoms with Gasteiger partial charge in [-0.1, -0.05) is 72.8 Å². The second-order valence-electron chi connectivity index (χ2n) is 14.0. The maximum absolute atomic E-state index is 11.9. The molecule has 2 aliphatic rings. The summed E-state index contributed by atoms with van der Waals surface area (Å²) in [7, 11) is -18.4. The van der Waals surface area contributed by atoms with Crippen molar-refractivity contribution in [1.82, 2.24) is 39.9 Å². The maximum Gasteiger partial charge on any atom is 0.287 e. The van der Waals surface area contributed by atoms with Gasteiger partial charge in [0.15, 0.2) is 23.3 Å². The summed E-state index contributed by atoms with van der Waals surface area (Å²) in [6.07, 6.45) is 4.56. The molecule has 64 heavy (non-hydrogen) atoms. The summed E-state index contributed by atoms with van der Waals surface area (Å²) in [4.78, 5) is 35.3. The van der Waals surface area contributed by atoms with Gasteiger partial charge in [-0.05, 0) is 46.6 Å². The highest BCUT2D eigenvalue weighted by atomic mass is 32.2. The summed E-state index contributed by atoms with van der Waals surface area (Å²) in [5.74, 6) is -0.0143. The van der Waals surface area contributed by atoms with Gasteiger partial charge in [0, 0.05) is 43.8 Å². The molecule has 0 amide bonds. The van der Waals surface area contributed by atoms with E-state index in [9.17, 15) is 51.9 Å². The fraction of sp³-hybridized carbons (Fsp3) is 0. The van der Waals surface area contributed by atoms with Crippen LogP contribution in [0, 0.1) is 0 Å². The van der Waals surface area contributed by atoms with Crippen molar-refractivity contribution < 1.29 is 51.9 Å². The van der Waals surface area contributed by atoms with E-state index in [2.05, 4.69) is 9.97 Å². The molecule has 0 unspecified atom stereocenters. The zero-order valence-corrected chi connectivity index (χ0v) is 35.2. The molecule has 0 saturated heterocycles. The van der Waals surface area contributed by atoms with Crippen LogP contribution in [0.1, 0.15) is 22.3 Å². The number of aromatic amines is 2. The minimum Gasteiger partial charge on any atom is -0.324 e. The molecular weight excluding hydrogens is 913 g/mol. The Bertz CT molecular complexity index is 3720. The van der Waals surface area contributed by atoms with E-state index in [1.165, 1.54) is 0 Å². The van der Waals surface area contributed by atoms with Gasteiger partial charge in [-0.15, -0.1) is 0 Å². The van der Waals surface area contributed by atoms with Crippen LogP contribution in [-0.2, 0) is 40.5 Å². The quantitative estimate of drug-likeness (QED) is 0.0910. The number of H-pyrrole nitrogens is 2. The first-order valence-corrected chi connectivity index (χ1v) is 24.2. The summed E-state index contributed by atoms with van der Waals surface area (Å²) in [5, 5.41) is 3.61. The van der Waals surface area contributed by atoms with E-state index in [1.54, 1.807) is 72.8 Å². The smallest absolute Gasteiger partial charge is 0.287 e. The molecule has 6 N–H and O–H groups in total. The second kappa shape index (κ2) is 15.3. The van der Waals surface area contributed by atoms with Crippen LogP contribution in [-0.4, -0.2) is 91.8 Å². The molecule has 0 fully saturated rings. The van der Waals surface area contributed by atoms with Crippen LogP contribution in [0.5, 0.6) is 0 Å². The van der Waals surface area contributed by atoms with Gasteiger partial charge in [-0.2, -0.15) is 33.7 Å². The molecule has 24 heteroatoms. The van der Waals surface area contributed by atoms with E-state index in [-0.39, 0.29) is 79.3 Å². The van der Waals surface area contributed by atoms with E-state index in [4.69, 9.17) is 29.9 Å². The molecule has 20 nitrogen and oxygen atoms in total. The lowest BCUT2D eigenvalue weighted by Gasteiger charge is -2.03. The SMILES string of the molecule is O=S(=O)(O)/C=C/c1cccc2c1-c1nc-2nc2[nH]c(nc3nc(nc4[nH]c(n1)c1cccc(/C=C/S(=O)(=O)O)c41)-c1cccc(/C=C/S(=O)(=O)O)c1-3)c1cccc(/C=C/S(=O)(=O)O)c21. The molecule has 0 saturated carbocycles. The number of nitrogens with one attached hydrogen (secondary N) is 2. The Balaban J connectivity index is 1.50. The average Bonchev–Trinajstić information content (AvgIpc) is 3.95. The molecule has 2 aliphatic heterocycles. The standard InChI is InChI=1S/C40H26N8O12S4/c49-61(50,51)17-13-21-5-1-9-25-29(21)37-41-33(25)45-38-30-22(14-18-62(52,53)54)6-2-10-26(30)35(42-38)47-40-32-24(16-20-64(58,59)60)8-4-12-28(32)36(44-40)48-39-31-23(15-19-63(55,56)57)7-3-11-27(31)34(43-39)46-37/h1-20H,(H,49,50,51)(H,52,53,54)(H,55,56,57)(H,58,59,60)(H2,41,42,43,44,45,46,47,48)/b17-13+,18-14+,19-15+,20-16+. The topological polar surface area (TPSA) is 326 Å². The predicted molar refractivity (Wildman–Crippen MR) is 238 cm³/mol. The van der Waals surface area contributed by atoms with Crippen molar-refractivity contribution in [2.75, 3.05) is 0 Å². The second-order valence-corrected chi connectivity index (χ2v) is 19.2. The lowest BCUT2D eigenvalue weighted by atomic mass is 10.0. The Labute approximate surface area is 361 Å². The van der Waals surface area contributed by atoms with E-state index in [0.29, 0.717) is 54.3 Å². The molecule has 8 bridgehead atoms. The van der Waals surface area contributed by atoms with Gasteiger partial charge in [0.1, 0.15) is 22.6 Å². The monoisotopic (exact) mass is 938 g/mol. The fourth-order valence-corrected chi connectivity index (χ4v) is 8.56. The third-order valence-electron chi connectivity index (χ3n) is 9.75. The summed E-state index contributed by atoms with van der Waals surface area (Å²) in [6.45, 7) is 0. The number of rotatable bonds is 8. The van der Waals surface area contributed by atoms with Crippen molar-refractivity contribution in [2.24, 2.45) is 0 Å². The van der Waals surface area contributed by atoms with Gasteiger partial charge < -0.3 is 9.97 Å². The summed E-state index contributed by atoms with van der Waals surface area (Å²) >= 11 is 0. The normalized spacial score (nSPS) is 13.6. The van der Waals surface area contributed by atoms with E-state index in [1.807, 2.05) is 0 Å². The number of nitrogens with zero attached hydrogens (tertiary/aromatic N) is 6. The number of benzene rings is 4. The Morgan fingerprint density at radius 1 is 0.375 bits per heavy atom. The van der Waals surface area contributed by atoms with Crippen molar-refractivity contribution in [2.45, 2.75) is 0 Å². The molecule has 7 aromatic rings. The first-order valence-electron chi connectivity index (χ1n) is 18.2. The highest BCUT2D eigenvalue weighted by molar-refractivity contribution is 7.89. The maximum atomic E-state index is 11.9. The van der Waals surface area contributed by atoms with Crippen LogP contribution in [0.25, 0.3) is 114 Å². The summed E-state index contributed by atoms with van der Waals surface area (Å²) in [5.41, 5.74) is 2.49. The van der Waals surface area contributed by atoms with Crippen LogP contribution in [0.2, 0.25) is 0 Å². The van der Waals surface area contributed by atoms with E-state index >= 15 is 0 Å². The van der Waals surface area contributed by atoms with Crippen LogP contribution in [0.15, 0.2) is 94.4 Å². The number of aromatic nitrogens is 8. The molecule has 5 heterocycles. The molecule has 0 aliphatic carbocycles. The number of hydrogen-bond acceptors (Lipinski definition) is 14. The molecular formula is C40H26N8O12S4. The molecule has 3 aromatic heterocycles. The zero-order valence-electron chi connectivity index (χ0n) is 31.9. The summed E-state index contributed by atoms with van der Waals surface area (Å²) < 4.78 is 133. The fourth-order valence-electron chi connectivity index (χ4n) is 7.29. The number of fused-ring (bicyclic) bond motifs is 20. The summed E-state index contributed by atoms with van der Waals surface area (Å²) in [6, 6.07) is 19.1. The van der Waals surface area contributed by atoms with Gasteiger partial charge in [0.2, 0.25) is 0 Å². The van der Waals surface area contributed by atoms with Gasteiger partial charge in [-0.3, -0.25) is 18.2 Å². The van der Waals surface area contributed by atoms with Crippen molar-refractivity contribution in [3.8, 4) is 45.6 Å². The third-order valence-corrected chi connectivity index (χ3v) is 11.7. The van der Waals surface area contributed by atoms with Crippen molar-refractivity contribution >= 4 is 109 Å². The zero-order chi connectivity index (χ0) is 45.3. The molecule has 322 valence electrons. The van der Waals surface area contributed by atoms with Crippen molar-refractivity contribution in [3.63, 3.8) is 0 Å². The molecule has 0 radical (unpaired) electrons. The lowest BCUT2D eigenvalue weighted by Crippen LogP contribution is -1.91. The van der Waals surface area contributed by atoms with E-state index < -0.39 is 40.5 Å². The molecule has 0 atom stereocenters. The first kappa shape index (κ1) is 42.2.